The average molecular weight is 251 g/mol. The highest BCUT2D eigenvalue weighted by atomic mass is 35.5. The number of hydrogen-bond acceptors (Lipinski definition) is 3. The first-order valence-corrected chi connectivity index (χ1v) is 5.29. The summed E-state index contributed by atoms with van der Waals surface area (Å²) in [5.74, 6) is -0.307. The number of benzene rings is 1. The van der Waals surface area contributed by atoms with Crippen LogP contribution in [-0.4, -0.2) is 15.7 Å². The Balaban J connectivity index is 2.22. The van der Waals surface area contributed by atoms with Gasteiger partial charge in [0.2, 0.25) is 0 Å². The van der Waals surface area contributed by atoms with E-state index in [2.05, 4.69) is 10.4 Å². The molecule has 0 spiro atoms. The lowest BCUT2D eigenvalue weighted by Crippen LogP contribution is -2.13. The maximum atomic E-state index is 11.9. The van der Waals surface area contributed by atoms with Crippen molar-refractivity contribution in [3.05, 3.63) is 41.2 Å². The first-order chi connectivity index (χ1) is 8.06. The number of carbonyl (C=O) groups excluding carboxylic acids is 1. The van der Waals surface area contributed by atoms with Gasteiger partial charge >= 0.3 is 0 Å². The second kappa shape index (κ2) is 4.47. The molecule has 0 aliphatic heterocycles. The molecule has 1 aromatic carbocycles. The van der Waals surface area contributed by atoms with Gasteiger partial charge in [0.1, 0.15) is 0 Å². The van der Waals surface area contributed by atoms with Crippen LogP contribution >= 0.6 is 11.6 Å². The summed E-state index contributed by atoms with van der Waals surface area (Å²) >= 11 is 5.82. The monoisotopic (exact) mass is 250 g/mol. The Bertz CT molecular complexity index is 564. The van der Waals surface area contributed by atoms with Crippen LogP contribution in [-0.2, 0) is 7.05 Å². The number of rotatable bonds is 2. The Kier molecular flexibility index (Phi) is 3.01. The third-order valence-electron chi connectivity index (χ3n) is 2.22. The Morgan fingerprint density at radius 1 is 1.53 bits per heavy atom. The van der Waals surface area contributed by atoms with Crippen LogP contribution in [0.4, 0.5) is 11.4 Å². The lowest BCUT2D eigenvalue weighted by molar-refractivity contribution is 0.102. The third-order valence-corrected chi connectivity index (χ3v) is 2.46. The molecule has 0 aliphatic rings. The minimum atomic E-state index is -0.307. The standard InChI is InChI=1S/C11H11ClN4O/c1-16-6-8(5-14-16)15-11(17)9-4-7(12)2-3-10(9)13/h2-6H,13H2,1H3,(H,15,17). The minimum Gasteiger partial charge on any atom is -0.398 e. The van der Waals surface area contributed by atoms with Crippen molar-refractivity contribution in [3.63, 3.8) is 0 Å². The lowest BCUT2D eigenvalue weighted by Gasteiger charge is -2.05. The summed E-state index contributed by atoms with van der Waals surface area (Å²) in [5.41, 5.74) is 7.05. The third kappa shape index (κ3) is 2.57. The van der Waals surface area contributed by atoms with Crippen molar-refractivity contribution in [3.8, 4) is 0 Å². The molecular weight excluding hydrogens is 240 g/mol. The van der Waals surface area contributed by atoms with E-state index in [4.69, 9.17) is 17.3 Å². The number of aromatic nitrogens is 2. The molecule has 0 fully saturated rings. The summed E-state index contributed by atoms with van der Waals surface area (Å²) in [6.07, 6.45) is 3.25. The van der Waals surface area contributed by atoms with Gasteiger partial charge in [-0.15, -0.1) is 0 Å². The van der Waals surface area contributed by atoms with Crippen LogP contribution in [0.1, 0.15) is 10.4 Å². The molecule has 0 bridgehead atoms. The quantitative estimate of drug-likeness (QED) is 0.800. The van der Waals surface area contributed by atoms with E-state index in [1.165, 1.54) is 6.07 Å². The molecule has 0 unspecified atom stereocenters. The molecule has 2 rings (SSSR count). The number of aryl methyl sites for hydroxylation is 1. The largest absolute Gasteiger partial charge is 0.398 e. The van der Waals surface area contributed by atoms with Gasteiger partial charge in [-0.05, 0) is 18.2 Å². The number of nitrogens with two attached hydrogens (primary N) is 1. The van der Waals surface area contributed by atoms with Crippen molar-refractivity contribution in [1.29, 1.82) is 0 Å². The number of nitrogens with zero attached hydrogens (tertiary/aromatic N) is 2. The van der Waals surface area contributed by atoms with Crippen molar-refractivity contribution >= 4 is 28.9 Å². The molecule has 0 saturated heterocycles. The summed E-state index contributed by atoms with van der Waals surface area (Å²) in [4.78, 5) is 11.9. The van der Waals surface area contributed by atoms with Gasteiger partial charge in [-0.25, -0.2) is 0 Å². The van der Waals surface area contributed by atoms with Crippen LogP contribution < -0.4 is 11.1 Å². The van der Waals surface area contributed by atoms with Gasteiger partial charge in [-0.3, -0.25) is 9.48 Å². The van der Waals surface area contributed by atoms with Gasteiger partial charge < -0.3 is 11.1 Å². The molecule has 1 heterocycles. The maximum Gasteiger partial charge on any atom is 0.257 e. The normalized spacial score (nSPS) is 10.2. The van der Waals surface area contributed by atoms with Crippen LogP contribution in [0.3, 0.4) is 0 Å². The Morgan fingerprint density at radius 3 is 2.94 bits per heavy atom. The summed E-state index contributed by atoms with van der Waals surface area (Å²) in [6, 6.07) is 4.76. The minimum absolute atomic E-state index is 0.307. The molecule has 1 amide bonds. The number of anilines is 2. The van der Waals surface area contributed by atoms with Gasteiger partial charge in [-0.2, -0.15) is 5.10 Å². The lowest BCUT2D eigenvalue weighted by atomic mass is 10.1. The smallest absolute Gasteiger partial charge is 0.257 e. The van der Waals surface area contributed by atoms with E-state index in [0.29, 0.717) is 22.0 Å². The average Bonchev–Trinajstić information content (AvgIpc) is 2.67. The van der Waals surface area contributed by atoms with Gasteiger partial charge in [-0.1, -0.05) is 11.6 Å². The van der Waals surface area contributed by atoms with Crippen molar-refractivity contribution in [2.45, 2.75) is 0 Å². The van der Waals surface area contributed by atoms with Crippen LogP contribution in [0.15, 0.2) is 30.6 Å². The van der Waals surface area contributed by atoms with Gasteiger partial charge in [0.05, 0.1) is 17.4 Å². The van der Waals surface area contributed by atoms with Crippen molar-refractivity contribution < 1.29 is 4.79 Å². The Labute approximate surface area is 103 Å². The van der Waals surface area contributed by atoms with E-state index in [0.717, 1.165) is 0 Å². The summed E-state index contributed by atoms with van der Waals surface area (Å²) in [6.45, 7) is 0. The van der Waals surface area contributed by atoms with E-state index in [1.54, 1.807) is 36.3 Å². The molecule has 0 saturated carbocycles. The van der Waals surface area contributed by atoms with E-state index in [1.807, 2.05) is 0 Å². The van der Waals surface area contributed by atoms with Crippen molar-refractivity contribution in [2.75, 3.05) is 11.1 Å². The SMILES string of the molecule is Cn1cc(NC(=O)c2cc(Cl)ccc2N)cn1. The second-order valence-electron chi connectivity index (χ2n) is 3.59. The predicted octanol–water partition coefficient (Wildman–Crippen LogP) is 1.91. The van der Waals surface area contributed by atoms with Crippen molar-refractivity contribution in [2.24, 2.45) is 7.05 Å². The fourth-order valence-corrected chi connectivity index (χ4v) is 1.58. The highest BCUT2D eigenvalue weighted by Crippen LogP contribution is 2.19. The molecule has 0 radical (unpaired) electrons. The summed E-state index contributed by atoms with van der Waals surface area (Å²) in [5, 5.41) is 7.10. The molecule has 2 aromatic rings. The van der Waals surface area contributed by atoms with Gasteiger partial charge in [0.15, 0.2) is 0 Å². The van der Waals surface area contributed by atoms with Gasteiger partial charge in [0, 0.05) is 24.0 Å². The predicted molar refractivity (Wildman–Crippen MR) is 67.0 cm³/mol. The molecule has 1 aromatic heterocycles. The van der Waals surface area contributed by atoms with Crippen LogP contribution in [0.2, 0.25) is 5.02 Å². The second-order valence-corrected chi connectivity index (χ2v) is 4.02. The molecule has 6 heteroatoms. The molecule has 0 atom stereocenters. The van der Waals surface area contributed by atoms with Crippen LogP contribution in [0.25, 0.3) is 0 Å². The number of nitrogen functional groups attached to an aromatic ring is 1. The topological polar surface area (TPSA) is 72.9 Å². The first-order valence-electron chi connectivity index (χ1n) is 4.91. The number of carbonyl (C=O) groups is 1. The van der Waals surface area contributed by atoms with Crippen LogP contribution in [0.5, 0.6) is 0 Å². The zero-order valence-electron chi connectivity index (χ0n) is 9.14. The van der Waals surface area contributed by atoms with Crippen LogP contribution in [0, 0.1) is 0 Å². The Hall–Kier alpha value is -2.01. The van der Waals surface area contributed by atoms with E-state index < -0.39 is 0 Å². The first kappa shape index (κ1) is 11.5. The number of halogens is 1. The molecular formula is C11H11ClN4O. The highest BCUT2D eigenvalue weighted by molar-refractivity contribution is 6.31. The molecule has 3 N–H and O–H groups in total. The fourth-order valence-electron chi connectivity index (χ4n) is 1.41. The van der Waals surface area contributed by atoms with E-state index in [-0.39, 0.29) is 5.91 Å². The molecule has 0 aliphatic carbocycles. The number of hydrogen-bond donors (Lipinski definition) is 2. The number of nitrogens with one attached hydrogen (secondary N) is 1. The fraction of sp³-hybridized carbons (Fsp3) is 0.0909. The Morgan fingerprint density at radius 2 is 2.29 bits per heavy atom. The van der Waals surface area contributed by atoms with Gasteiger partial charge in [0.25, 0.3) is 5.91 Å². The van der Waals surface area contributed by atoms with Crippen molar-refractivity contribution in [1.82, 2.24) is 9.78 Å². The molecule has 5 nitrogen and oxygen atoms in total. The van der Waals surface area contributed by atoms with E-state index in [9.17, 15) is 4.79 Å². The highest BCUT2D eigenvalue weighted by Gasteiger charge is 2.11. The number of amides is 1. The zero-order valence-corrected chi connectivity index (χ0v) is 9.90. The maximum absolute atomic E-state index is 11.9. The van der Waals surface area contributed by atoms with E-state index >= 15 is 0 Å². The summed E-state index contributed by atoms with van der Waals surface area (Å²) < 4.78 is 1.59. The molecule has 88 valence electrons. The zero-order chi connectivity index (χ0) is 12.4. The molecule has 17 heavy (non-hydrogen) atoms. The summed E-state index contributed by atoms with van der Waals surface area (Å²) in [7, 11) is 1.77.